The summed E-state index contributed by atoms with van der Waals surface area (Å²) in [4.78, 5) is 37.4. The van der Waals surface area contributed by atoms with Crippen LogP contribution in [0.25, 0.3) is 0 Å². The molecular formula is C12H21N3O4. The van der Waals surface area contributed by atoms with Crippen LogP contribution in [0.4, 0.5) is 4.79 Å². The zero-order valence-corrected chi connectivity index (χ0v) is 11.5. The van der Waals surface area contributed by atoms with E-state index < -0.39 is 18.0 Å². The van der Waals surface area contributed by atoms with Crippen molar-refractivity contribution < 1.29 is 19.5 Å². The third-order valence-electron chi connectivity index (χ3n) is 3.05. The van der Waals surface area contributed by atoms with Gasteiger partial charge in [0.15, 0.2) is 0 Å². The van der Waals surface area contributed by atoms with Crippen LogP contribution in [-0.4, -0.2) is 65.5 Å². The Bertz CT molecular complexity index is 370. The molecule has 7 heteroatoms. The summed E-state index contributed by atoms with van der Waals surface area (Å²) < 4.78 is 0. The summed E-state index contributed by atoms with van der Waals surface area (Å²) in [6.07, 6.45) is 0.364. The van der Waals surface area contributed by atoms with Crippen LogP contribution in [0.15, 0.2) is 0 Å². The van der Waals surface area contributed by atoms with Crippen molar-refractivity contribution in [3.05, 3.63) is 0 Å². The van der Waals surface area contributed by atoms with E-state index in [1.165, 1.54) is 4.90 Å². The van der Waals surface area contributed by atoms with Crippen molar-refractivity contribution >= 4 is 17.9 Å². The van der Waals surface area contributed by atoms with E-state index in [2.05, 4.69) is 5.32 Å². The van der Waals surface area contributed by atoms with Gasteiger partial charge in [-0.2, -0.15) is 0 Å². The minimum absolute atomic E-state index is 0.00362. The Morgan fingerprint density at radius 1 is 1.37 bits per heavy atom. The lowest BCUT2D eigenvalue weighted by atomic mass is 10.0. The van der Waals surface area contributed by atoms with Crippen LogP contribution in [0.3, 0.4) is 0 Å². The maximum Gasteiger partial charge on any atom is 0.326 e. The van der Waals surface area contributed by atoms with Gasteiger partial charge in [-0.25, -0.2) is 9.59 Å². The molecule has 0 unspecified atom stereocenters. The first-order chi connectivity index (χ1) is 8.81. The quantitative estimate of drug-likeness (QED) is 0.751. The van der Waals surface area contributed by atoms with Crippen LogP contribution >= 0.6 is 0 Å². The topological polar surface area (TPSA) is 90.0 Å². The molecule has 1 fully saturated rings. The van der Waals surface area contributed by atoms with E-state index in [0.29, 0.717) is 19.5 Å². The molecule has 0 radical (unpaired) electrons. The fraction of sp³-hybridized carbons (Fsp3) is 0.750. The molecule has 0 saturated carbocycles. The molecule has 0 bridgehead atoms. The number of carbonyl (C=O) groups is 3. The van der Waals surface area contributed by atoms with E-state index in [4.69, 9.17) is 5.11 Å². The number of hydrogen-bond acceptors (Lipinski definition) is 3. The fourth-order valence-electron chi connectivity index (χ4n) is 1.87. The van der Waals surface area contributed by atoms with Gasteiger partial charge in [0.1, 0.15) is 12.6 Å². The van der Waals surface area contributed by atoms with Gasteiger partial charge in [0.2, 0.25) is 5.91 Å². The average Bonchev–Trinajstić information content (AvgIpc) is 2.31. The molecule has 0 aromatic heterocycles. The van der Waals surface area contributed by atoms with Crippen molar-refractivity contribution in [3.63, 3.8) is 0 Å². The summed E-state index contributed by atoms with van der Waals surface area (Å²) in [6, 6.07) is -1.41. The summed E-state index contributed by atoms with van der Waals surface area (Å²) in [5.41, 5.74) is 0. The first-order valence-electron chi connectivity index (χ1n) is 6.33. The molecule has 3 amide bonds. The highest BCUT2D eigenvalue weighted by Crippen LogP contribution is 2.07. The Balaban J connectivity index is 2.57. The van der Waals surface area contributed by atoms with E-state index in [0.717, 1.165) is 0 Å². The molecule has 0 aliphatic carbocycles. The zero-order chi connectivity index (χ0) is 14.6. The number of likely N-dealkylation sites (N-methyl/N-ethyl adjacent to an activating group) is 1. The molecular weight excluding hydrogens is 250 g/mol. The number of urea groups is 1. The summed E-state index contributed by atoms with van der Waals surface area (Å²) in [6.45, 7) is 4.66. The molecule has 0 spiro atoms. The van der Waals surface area contributed by atoms with Gasteiger partial charge in [0.25, 0.3) is 0 Å². The number of carboxylic acid groups (broad SMARTS) is 1. The van der Waals surface area contributed by atoms with Gasteiger partial charge in [0.05, 0.1) is 0 Å². The highest BCUT2D eigenvalue weighted by molar-refractivity contribution is 5.87. The van der Waals surface area contributed by atoms with Gasteiger partial charge in [0, 0.05) is 20.1 Å². The second kappa shape index (κ2) is 6.40. The predicted molar refractivity (Wildman–Crippen MR) is 68.6 cm³/mol. The monoisotopic (exact) mass is 271 g/mol. The van der Waals surface area contributed by atoms with Crippen molar-refractivity contribution in [1.82, 2.24) is 15.1 Å². The van der Waals surface area contributed by atoms with E-state index in [1.54, 1.807) is 11.9 Å². The first-order valence-corrected chi connectivity index (χ1v) is 6.33. The number of rotatable bonds is 4. The van der Waals surface area contributed by atoms with Gasteiger partial charge in [-0.15, -0.1) is 0 Å². The lowest BCUT2D eigenvalue weighted by molar-refractivity contribution is -0.139. The maximum atomic E-state index is 11.9. The molecule has 108 valence electrons. The summed E-state index contributed by atoms with van der Waals surface area (Å²) in [5.74, 6) is -1.03. The smallest absolute Gasteiger partial charge is 0.326 e. The largest absolute Gasteiger partial charge is 0.480 e. The zero-order valence-electron chi connectivity index (χ0n) is 11.5. The van der Waals surface area contributed by atoms with E-state index in [-0.39, 0.29) is 18.4 Å². The van der Waals surface area contributed by atoms with Crippen LogP contribution in [0.1, 0.15) is 20.3 Å². The number of piperazine rings is 1. The van der Waals surface area contributed by atoms with Gasteiger partial charge < -0.3 is 20.2 Å². The average molecular weight is 271 g/mol. The summed E-state index contributed by atoms with van der Waals surface area (Å²) >= 11 is 0. The minimum atomic E-state index is -1.05. The lowest BCUT2D eigenvalue weighted by Gasteiger charge is -2.32. The molecule has 1 heterocycles. The third-order valence-corrected chi connectivity index (χ3v) is 3.05. The van der Waals surface area contributed by atoms with Crippen molar-refractivity contribution in [2.24, 2.45) is 5.92 Å². The Labute approximate surface area is 112 Å². The molecule has 2 N–H and O–H groups in total. The second-order valence-electron chi connectivity index (χ2n) is 5.21. The second-order valence-corrected chi connectivity index (χ2v) is 5.21. The van der Waals surface area contributed by atoms with Gasteiger partial charge in [-0.1, -0.05) is 13.8 Å². The standard InChI is InChI=1S/C12H21N3O4/c1-8(2)6-9(11(17)18)13-12(19)15-5-4-14(3)10(16)7-15/h8-9H,4-7H2,1-3H3,(H,13,19)(H,17,18)/t9-/m1/s1. The Morgan fingerprint density at radius 3 is 2.47 bits per heavy atom. The number of hydrogen-bond donors (Lipinski definition) is 2. The van der Waals surface area contributed by atoms with Crippen molar-refractivity contribution in [3.8, 4) is 0 Å². The molecule has 1 saturated heterocycles. The molecule has 19 heavy (non-hydrogen) atoms. The van der Waals surface area contributed by atoms with Crippen LogP contribution in [0, 0.1) is 5.92 Å². The molecule has 1 rings (SSSR count). The van der Waals surface area contributed by atoms with E-state index in [9.17, 15) is 14.4 Å². The molecule has 1 aliphatic heterocycles. The van der Waals surface area contributed by atoms with Crippen LogP contribution < -0.4 is 5.32 Å². The fourth-order valence-corrected chi connectivity index (χ4v) is 1.87. The van der Waals surface area contributed by atoms with Crippen LogP contribution in [0.2, 0.25) is 0 Å². The number of aliphatic carboxylic acids is 1. The van der Waals surface area contributed by atoms with Crippen molar-refractivity contribution in [2.45, 2.75) is 26.3 Å². The number of nitrogens with one attached hydrogen (secondary N) is 1. The Morgan fingerprint density at radius 2 is 2.00 bits per heavy atom. The molecule has 0 aromatic carbocycles. The highest BCUT2D eigenvalue weighted by Gasteiger charge is 2.28. The van der Waals surface area contributed by atoms with Crippen LogP contribution in [0.5, 0.6) is 0 Å². The third kappa shape index (κ3) is 4.42. The van der Waals surface area contributed by atoms with Gasteiger partial charge >= 0.3 is 12.0 Å². The maximum absolute atomic E-state index is 11.9. The highest BCUT2D eigenvalue weighted by atomic mass is 16.4. The number of nitrogens with zero attached hydrogens (tertiary/aromatic N) is 2. The molecule has 0 aromatic rings. The Hall–Kier alpha value is -1.79. The van der Waals surface area contributed by atoms with Gasteiger partial charge in [-0.05, 0) is 12.3 Å². The van der Waals surface area contributed by atoms with Crippen molar-refractivity contribution in [2.75, 3.05) is 26.7 Å². The predicted octanol–water partition coefficient (Wildman–Crippen LogP) is -0.0307. The number of carbonyl (C=O) groups excluding carboxylic acids is 2. The summed E-state index contributed by atoms with van der Waals surface area (Å²) in [5, 5.41) is 11.5. The van der Waals surface area contributed by atoms with E-state index in [1.807, 2.05) is 13.8 Å². The minimum Gasteiger partial charge on any atom is -0.480 e. The van der Waals surface area contributed by atoms with Crippen LogP contribution in [-0.2, 0) is 9.59 Å². The number of carboxylic acids is 1. The molecule has 1 atom stereocenters. The van der Waals surface area contributed by atoms with Gasteiger partial charge in [-0.3, -0.25) is 4.79 Å². The number of amides is 3. The Kier molecular flexibility index (Phi) is 5.14. The normalized spacial score (nSPS) is 17.6. The van der Waals surface area contributed by atoms with Crippen molar-refractivity contribution in [1.29, 1.82) is 0 Å². The lowest BCUT2D eigenvalue weighted by Crippen LogP contribution is -2.56. The summed E-state index contributed by atoms with van der Waals surface area (Å²) in [7, 11) is 1.68. The first kappa shape index (κ1) is 15.3. The molecule has 7 nitrogen and oxygen atoms in total. The van der Waals surface area contributed by atoms with E-state index >= 15 is 0 Å². The molecule has 1 aliphatic rings. The SMILES string of the molecule is CC(C)C[C@@H](NC(=O)N1CCN(C)C(=O)C1)C(=O)O.